The second kappa shape index (κ2) is 11.4. The molecule has 0 rings (SSSR count). The maximum absolute atomic E-state index is 9.33. The molecule has 0 aromatic heterocycles. The van der Waals surface area contributed by atoms with Gasteiger partial charge >= 0.3 is 10.4 Å². The van der Waals surface area contributed by atoms with Crippen molar-refractivity contribution in [3.8, 4) is 0 Å². The molecular formula is C11H27O4PS. The van der Waals surface area contributed by atoms with Crippen LogP contribution < -0.4 is 0 Å². The largest absolute Gasteiger partial charge is 0.397 e. The van der Waals surface area contributed by atoms with Crippen molar-refractivity contribution in [3.05, 3.63) is 0 Å². The van der Waals surface area contributed by atoms with Crippen LogP contribution in [0.3, 0.4) is 0 Å². The maximum Gasteiger partial charge on any atom is 0.397 e. The molecule has 17 heavy (non-hydrogen) atoms. The van der Waals surface area contributed by atoms with E-state index in [0.717, 1.165) is 18.9 Å². The van der Waals surface area contributed by atoms with Gasteiger partial charge in [0.1, 0.15) is 0 Å². The molecule has 1 N–H and O–H groups in total. The zero-order valence-electron chi connectivity index (χ0n) is 11.3. The molecule has 6 heteroatoms. The molecule has 0 aliphatic carbocycles. The number of hydrogen-bond acceptors (Lipinski definition) is 3. The minimum absolute atomic E-state index is 0.870. The standard InChI is InChI=1S/C10H23P.CH4O4S/c1-4-5-6-7-9(2)10(3)8-11;1-5-6(2,3)4/h9-10H,4-8,11H2,1-3H3;1H3,(H,2,3,4). The molecule has 0 bridgehead atoms. The predicted molar refractivity (Wildman–Crippen MR) is 75.6 cm³/mol. The van der Waals surface area contributed by atoms with Gasteiger partial charge in [0, 0.05) is 0 Å². The number of hydrogen-bond donors (Lipinski definition) is 1. The molecule has 0 fully saturated rings. The molecule has 0 saturated carbocycles. The van der Waals surface area contributed by atoms with Gasteiger partial charge in [0.25, 0.3) is 0 Å². The van der Waals surface area contributed by atoms with Crippen LogP contribution in [-0.2, 0) is 14.6 Å². The summed E-state index contributed by atoms with van der Waals surface area (Å²) in [6, 6.07) is 0. The number of unbranched alkanes of at least 4 members (excludes halogenated alkanes) is 2. The third-order valence-corrected chi connectivity index (χ3v) is 3.98. The van der Waals surface area contributed by atoms with E-state index in [0.29, 0.717) is 0 Å². The monoisotopic (exact) mass is 286 g/mol. The first kappa shape index (κ1) is 19.6. The molecule has 106 valence electrons. The minimum Gasteiger partial charge on any atom is -0.264 e. The molecule has 0 radical (unpaired) electrons. The van der Waals surface area contributed by atoms with E-state index in [9.17, 15) is 8.42 Å². The van der Waals surface area contributed by atoms with Crippen LogP contribution in [0.4, 0.5) is 0 Å². The van der Waals surface area contributed by atoms with Gasteiger partial charge in [0.05, 0.1) is 7.11 Å². The summed E-state index contributed by atoms with van der Waals surface area (Å²) in [5.74, 6) is 1.80. The first-order chi connectivity index (χ1) is 7.78. The highest BCUT2D eigenvalue weighted by Crippen LogP contribution is 2.19. The van der Waals surface area contributed by atoms with Crippen LogP contribution in [0, 0.1) is 11.8 Å². The summed E-state index contributed by atoms with van der Waals surface area (Å²) in [5.41, 5.74) is 0. The van der Waals surface area contributed by atoms with E-state index in [1.165, 1.54) is 31.8 Å². The van der Waals surface area contributed by atoms with E-state index >= 15 is 0 Å². The van der Waals surface area contributed by atoms with Crippen LogP contribution in [0.25, 0.3) is 0 Å². The topological polar surface area (TPSA) is 63.6 Å². The van der Waals surface area contributed by atoms with E-state index in [-0.39, 0.29) is 0 Å². The van der Waals surface area contributed by atoms with Gasteiger partial charge in [0.15, 0.2) is 0 Å². The molecule has 4 nitrogen and oxygen atoms in total. The molecule has 0 aromatic carbocycles. The number of rotatable bonds is 7. The molecule has 0 aromatic rings. The summed E-state index contributed by atoms with van der Waals surface area (Å²) < 4.78 is 29.7. The van der Waals surface area contributed by atoms with Crippen LogP contribution in [0.2, 0.25) is 0 Å². The molecule has 3 unspecified atom stereocenters. The zero-order chi connectivity index (χ0) is 13.9. The summed E-state index contributed by atoms with van der Waals surface area (Å²) in [7, 11) is -0.452. The Morgan fingerprint density at radius 1 is 1.24 bits per heavy atom. The molecule has 0 heterocycles. The van der Waals surface area contributed by atoms with Crippen molar-refractivity contribution in [1.82, 2.24) is 0 Å². The fourth-order valence-electron chi connectivity index (χ4n) is 1.23. The van der Waals surface area contributed by atoms with Crippen molar-refractivity contribution in [3.63, 3.8) is 0 Å². The van der Waals surface area contributed by atoms with Crippen molar-refractivity contribution in [1.29, 1.82) is 0 Å². The van der Waals surface area contributed by atoms with Crippen LogP contribution in [0.5, 0.6) is 0 Å². The van der Waals surface area contributed by atoms with Crippen molar-refractivity contribution < 1.29 is 17.2 Å². The van der Waals surface area contributed by atoms with E-state index in [1.807, 2.05) is 0 Å². The Hall–Kier alpha value is 0.300. The van der Waals surface area contributed by atoms with Gasteiger partial charge in [-0.2, -0.15) is 8.42 Å². The van der Waals surface area contributed by atoms with Crippen molar-refractivity contribution in [2.24, 2.45) is 11.8 Å². The highest BCUT2D eigenvalue weighted by molar-refractivity contribution is 7.80. The second-order valence-electron chi connectivity index (χ2n) is 4.28. The third kappa shape index (κ3) is 16.3. The summed E-state index contributed by atoms with van der Waals surface area (Å²) in [4.78, 5) is 0. The second-order valence-corrected chi connectivity index (χ2v) is 5.94. The van der Waals surface area contributed by atoms with Gasteiger partial charge in [-0.25, -0.2) is 0 Å². The molecule has 0 spiro atoms. The predicted octanol–water partition coefficient (Wildman–Crippen LogP) is 3.15. The van der Waals surface area contributed by atoms with Crippen molar-refractivity contribution in [2.45, 2.75) is 46.5 Å². The lowest BCUT2D eigenvalue weighted by Crippen LogP contribution is -2.08. The van der Waals surface area contributed by atoms with Gasteiger partial charge in [-0.15, -0.1) is 9.24 Å². The molecule has 0 aliphatic rings. The lowest BCUT2D eigenvalue weighted by atomic mass is 9.92. The van der Waals surface area contributed by atoms with Gasteiger partial charge in [-0.3, -0.25) is 8.74 Å². The van der Waals surface area contributed by atoms with Gasteiger partial charge in [-0.05, 0) is 18.0 Å². The fraction of sp³-hybridized carbons (Fsp3) is 1.00. The summed E-state index contributed by atoms with van der Waals surface area (Å²) >= 11 is 0. The van der Waals surface area contributed by atoms with Crippen LogP contribution >= 0.6 is 9.24 Å². The Bertz CT molecular complexity index is 254. The van der Waals surface area contributed by atoms with Crippen molar-refractivity contribution in [2.75, 3.05) is 13.3 Å². The Labute approximate surface area is 109 Å². The Morgan fingerprint density at radius 2 is 1.71 bits per heavy atom. The molecular weight excluding hydrogens is 259 g/mol. The van der Waals surface area contributed by atoms with Crippen LogP contribution in [0.15, 0.2) is 0 Å². The van der Waals surface area contributed by atoms with Gasteiger partial charge < -0.3 is 0 Å². The van der Waals surface area contributed by atoms with E-state index in [4.69, 9.17) is 4.55 Å². The average molecular weight is 286 g/mol. The molecule has 0 amide bonds. The summed E-state index contributed by atoms with van der Waals surface area (Å²) in [6.45, 7) is 7.00. The summed E-state index contributed by atoms with van der Waals surface area (Å²) in [5, 5.41) is 0. The quantitative estimate of drug-likeness (QED) is 0.443. The Kier molecular flexibility index (Phi) is 13.2. The van der Waals surface area contributed by atoms with E-state index in [2.05, 4.69) is 34.2 Å². The fourth-order valence-corrected chi connectivity index (χ4v) is 1.70. The highest BCUT2D eigenvalue weighted by atomic mass is 32.3. The van der Waals surface area contributed by atoms with E-state index in [1.54, 1.807) is 0 Å². The first-order valence-corrected chi connectivity index (χ1v) is 8.19. The minimum atomic E-state index is -4.16. The highest BCUT2D eigenvalue weighted by Gasteiger charge is 2.08. The van der Waals surface area contributed by atoms with E-state index < -0.39 is 10.4 Å². The lowest BCUT2D eigenvalue weighted by Gasteiger charge is -2.17. The molecule has 3 atom stereocenters. The van der Waals surface area contributed by atoms with Crippen LogP contribution in [0.1, 0.15) is 46.5 Å². The average Bonchev–Trinajstić information content (AvgIpc) is 2.28. The molecule has 0 aliphatic heterocycles. The first-order valence-electron chi connectivity index (χ1n) is 6.01. The maximum atomic E-state index is 9.33. The smallest absolute Gasteiger partial charge is 0.264 e. The Balaban J connectivity index is 0. The normalized spacial score (nSPS) is 14.7. The SMILES string of the molecule is CCCCCC(C)C(C)CP.COS(=O)(=O)O. The summed E-state index contributed by atoms with van der Waals surface area (Å²) in [6.07, 6.45) is 6.86. The Morgan fingerprint density at radius 3 is 2.00 bits per heavy atom. The van der Waals surface area contributed by atoms with Crippen LogP contribution in [-0.4, -0.2) is 26.2 Å². The lowest BCUT2D eigenvalue weighted by molar-refractivity contribution is 0.324. The van der Waals surface area contributed by atoms with Gasteiger partial charge in [-0.1, -0.05) is 46.5 Å². The molecule has 0 saturated heterocycles. The third-order valence-electron chi connectivity index (χ3n) is 2.82. The van der Waals surface area contributed by atoms with Gasteiger partial charge in [0.2, 0.25) is 0 Å². The zero-order valence-corrected chi connectivity index (χ0v) is 13.3. The van der Waals surface area contributed by atoms with Crippen molar-refractivity contribution >= 4 is 19.6 Å².